The third-order valence-corrected chi connectivity index (χ3v) is 4.80. The Morgan fingerprint density at radius 3 is 3.06 bits per heavy atom. The van der Waals surface area contributed by atoms with Gasteiger partial charge in [0.2, 0.25) is 0 Å². The molecule has 0 saturated heterocycles. The monoisotopic (exact) mass is 321 g/mol. The number of carbonyl (C=O) groups is 1. The van der Waals surface area contributed by atoms with Crippen LogP contribution >= 0.6 is 27.3 Å². The van der Waals surface area contributed by atoms with Crippen LogP contribution in [0.1, 0.15) is 20.8 Å². The molecule has 1 aromatic heterocycles. The first-order chi connectivity index (χ1) is 8.72. The summed E-state index contributed by atoms with van der Waals surface area (Å²) in [4.78, 5) is 13.3. The molecule has 2 nitrogen and oxygen atoms in total. The highest BCUT2D eigenvalue weighted by Crippen LogP contribution is 2.25. The number of benzene rings is 1. The quantitative estimate of drug-likeness (QED) is 0.868. The summed E-state index contributed by atoms with van der Waals surface area (Å²) in [6, 6.07) is 7.99. The van der Waals surface area contributed by atoms with Crippen LogP contribution in [-0.2, 0) is 12.8 Å². The molecule has 2 aromatic rings. The van der Waals surface area contributed by atoms with Gasteiger partial charge in [-0.25, -0.2) is 0 Å². The van der Waals surface area contributed by atoms with E-state index in [0.29, 0.717) is 6.42 Å². The van der Waals surface area contributed by atoms with E-state index in [-0.39, 0.29) is 5.78 Å². The number of carbonyl (C=O) groups excluding carboxylic acids is 1. The Morgan fingerprint density at radius 2 is 2.28 bits per heavy atom. The largest absolute Gasteiger partial charge is 0.384 e. The second-order valence-corrected chi connectivity index (χ2v) is 6.29. The van der Waals surface area contributed by atoms with Crippen LogP contribution in [0.25, 0.3) is 0 Å². The summed E-state index contributed by atoms with van der Waals surface area (Å²) >= 11 is 5.02. The minimum atomic E-state index is 0.181. The minimum Gasteiger partial charge on any atom is -0.384 e. The molecule has 92 valence electrons. The van der Waals surface area contributed by atoms with E-state index >= 15 is 0 Å². The highest BCUT2D eigenvalue weighted by atomic mass is 79.9. The fraction of sp³-hybridized carbons (Fsp3) is 0.214. The highest BCUT2D eigenvalue weighted by molar-refractivity contribution is 9.10. The van der Waals surface area contributed by atoms with Crippen molar-refractivity contribution >= 4 is 38.7 Å². The van der Waals surface area contributed by atoms with E-state index in [0.717, 1.165) is 33.6 Å². The lowest BCUT2D eigenvalue weighted by atomic mass is 10.0. The van der Waals surface area contributed by atoms with Gasteiger partial charge in [-0.3, -0.25) is 4.79 Å². The SMILES string of the molecule is O=C(Cc1cc(Br)cs1)c1ccc2c(c1)NCC2. The average Bonchev–Trinajstić information content (AvgIpc) is 2.96. The summed E-state index contributed by atoms with van der Waals surface area (Å²) in [5.41, 5.74) is 3.23. The molecule has 0 radical (unpaired) electrons. The summed E-state index contributed by atoms with van der Waals surface area (Å²) in [5.74, 6) is 0.181. The zero-order valence-corrected chi connectivity index (χ0v) is 12.1. The minimum absolute atomic E-state index is 0.181. The van der Waals surface area contributed by atoms with Gasteiger partial charge in [0.1, 0.15) is 0 Å². The van der Waals surface area contributed by atoms with Gasteiger partial charge in [-0.15, -0.1) is 11.3 Å². The number of ketones is 1. The number of fused-ring (bicyclic) bond motifs is 1. The molecule has 3 rings (SSSR count). The van der Waals surface area contributed by atoms with Gasteiger partial charge in [0, 0.05) is 38.9 Å². The average molecular weight is 322 g/mol. The van der Waals surface area contributed by atoms with E-state index in [1.807, 2.05) is 23.6 Å². The molecular formula is C14H12BrNOS. The Labute approximate surface area is 118 Å². The molecule has 0 unspecified atom stereocenters. The van der Waals surface area contributed by atoms with Gasteiger partial charge in [-0.1, -0.05) is 12.1 Å². The first-order valence-electron chi connectivity index (χ1n) is 5.85. The number of halogens is 1. The maximum atomic E-state index is 12.2. The van der Waals surface area contributed by atoms with Crippen LogP contribution in [0.5, 0.6) is 0 Å². The van der Waals surface area contributed by atoms with Crippen LogP contribution in [0.2, 0.25) is 0 Å². The van der Waals surface area contributed by atoms with E-state index in [2.05, 4.69) is 27.3 Å². The summed E-state index contributed by atoms with van der Waals surface area (Å²) < 4.78 is 1.05. The topological polar surface area (TPSA) is 29.1 Å². The molecule has 1 aromatic carbocycles. The van der Waals surface area contributed by atoms with Crippen molar-refractivity contribution in [3.8, 4) is 0 Å². The zero-order valence-electron chi connectivity index (χ0n) is 9.70. The van der Waals surface area contributed by atoms with Crippen molar-refractivity contribution in [2.24, 2.45) is 0 Å². The van der Waals surface area contributed by atoms with Gasteiger partial charge in [-0.2, -0.15) is 0 Å². The number of thiophene rings is 1. The van der Waals surface area contributed by atoms with E-state index in [1.165, 1.54) is 5.56 Å². The second-order valence-electron chi connectivity index (χ2n) is 4.38. The Balaban J connectivity index is 1.80. The van der Waals surface area contributed by atoms with Crippen molar-refractivity contribution in [3.63, 3.8) is 0 Å². The van der Waals surface area contributed by atoms with Crippen molar-refractivity contribution in [2.45, 2.75) is 12.8 Å². The molecule has 0 atom stereocenters. The standard InChI is InChI=1S/C14H12BrNOS/c15-11-6-12(18-8-11)7-14(17)10-2-1-9-3-4-16-13(9)5-10/h1-2,5-6,8,16H,3-4,7H2. The molecule has 0 fully saturated rings. The van der Waals surface area contributed by atoms with Crippen molar-refractivity contribution in [1.82, 2.24) is 0 Å². The predicted molar refractivity (Wildman–Crippen MR) is 78.7 cm³/mol. The van der Waals surface area contributed by atoms with Crippen LogP contribution in [0, 0.1) is 0 Å². The molecule has 2 heterocycles. The second kappa shape index (κ2) is 4.86. The first kappa shape index (κ1) is 11.9. The molecule has 1 aliphatic heterocycles. The molecule has 0 saturated carbocycles. The van der Waals surface area contributed by atoms with Crippen LogP contribution in [0.4, 0.5) is 5.69 Å². The van der Waals surface area contributed by atoms with Crippen molar-refractivity contribution in [2.75, 3.05) is 11.9 Å². The van der Waals surface area contributed by atoms with Crippen LogP contribution < -0.4 is 5.32 Å². The lowest BCUT2D eigenvalue weighted by Crippen LogP contribution is -2.02. The summed E-state index contributed by atoms with van der Waals surface area (Å²) in [5, 5.41) is 5.31. The van der Waals surface area contributed by atoms with Gasteiger partial charge < -0.3 is 5.32 Å². The Kier molecular flexibility index (Phi) is 3.22. The van der Waals surface area contributed by atoms with Crippen LogP contribution in [-0.4, -0.2) is 12.3 Å². The zero-order chi connectivity index (χ0) is 12.5. The number of hydrogen-bond donors (Lipinski definition) is 1. The van der Waals surface area contributed by atoms with E-state index in [4.69, 9.17) is 0 Å². The van der Waals surface area contributed by atoms with Gasteiger partial charge in [0.05, 0.1) is 0 Å². The lowest BCUT2D eigenvalue weighted by molar-refractivity contribution is 0.0994. The molecule has 1 N–H and O–H groups in total. The lowest BCUT2D eigenvalue weighted by Gasteiger charge is -2.03. The maximum Gasteiger partial charge on any atom is 0.168 e. The fourth-order valence-electron chi connectivity index (χ4n) is 2.17. The number of nitrogens with one attached hydrogen (secondary N) is 1. The van der Waals surface area contributed by atoms with Crippen LogP contribution in [0.3, 0.4) is 0 Å². The molecule has 0 bridgehead atoms. The van der Waals surface area contributed by atoms with Crippen molar-refractivity contribution in [1.29, 1.82) is 0 Å². The molecule has 18 heavy (non-hydrogen) atoms. The van der Waals surface area contributed by atoms with Crippen molar-refractivity contribution < 1.29 is 4.79 Å². The molecule has 0 aliphatic carbocycles. The molecule has 0 spiro atoms. The van der Waals surface area contributed by atoms with Gasteiger partial charge in [-0.05, 0) is 40.0 Å². The van der Waals surface area contributed by atoms with Gasteiger partial charge >= 0.3 is 0 Å². The van der Waals surface area contributed by atoms with E-state index < -0.39 is 0 Å². The van der Waals surface area contributed by atoms with Gasteiger partial charge in [0.25, 0.3) is 0 Å². The Bertz CT molecular complexity index is 606. The number of rotatable bonds is 3. The molecular weight excluding hydrogens is 310 g/mol. The molecule has 1 aliphatic rings. The fourth-order valence-corrected chi connectivity index (χ4v) is 3.62. The third kappa shape index (κ3) is 2.35. The van der Waals surface area contributed by atoms with E-state index in [9.17, 15) is 4.79 Å². The van der Waals surface area contributed by atoms with Crippen molar-refractivity contribution in [3.05, 3.63) is 50.1 Å². The number of hydrogen-bond acceptors (Lipinski definition) is 3. The third-order valence-electron chi connectivity index (χ3n) is 3.10. The van der Waals surface area contributed by atoms with Crippen LogP contribution in [0.15, 0.2) is 34.1 Å². The van der Waals surface area contributed by atoms with E-state index in [1.54, 1.807) is 11.3 Å². The van der Waals surface area contributed by atoms with Gasteiger partial charge in [0.15, 0.2) is 5.78 Å². The normalized spacial score (nSPS) is 13.2. The smallest absolute Gasteiger partial charge is 0.168 e. The number of anilines is 1. The predicted octanol–water partition coefficient (Wildman–Crippen LogP) is 3.90. The summed E-state index contributed by atoms with van der Waals surface area (Å²) in [7, 11) is 0. The molecule has 0 amide bonds. The Hall–Kier alpha value is -1.13. The highest BCUT2D eigenvalue weighted by Gasteiger charge is 2.14. The maximum absolute atomic E-state index is 12.2. The summed E-state index contributed by atoms with van der Waals surface area (Å²) in [6.45, 7) is 0.977. The summed E-state index contributed by atoms with van der Waals surface area (Å²) in [6.07, 6.45) is 1.54. The first-order valence-corrected chi connectivity index (χ1v) is 7.52. The number of Topliss-reactive ketones (excluding diaryl/α,β-unsaturated/α-hetero) is 1. The molecule has 4 heteroatoms. The Morgan fingerprint density at radius 1 is 1.39 bits per heavy atom.